The average Bonchev–Trinajstić information content (AvgIpc) is 2.06. The van der Waals surface area contributed by atoms with E-state index < -0.39 is 0 Å². The van der Waals surface area contributed by atoms with Crippen molar-refractivity contribution in [2.45, 2.75) is 0 Å². The Kier molecular flexibility index (Phi) is 25.1. The van der Waals surface area contributed by atoms with Crippen LogP contribution in [0.1, 0.15) is 11.4 Å². The van der Waals surface area contributed by atoms with E-state index in [0.29, 0.717) is 0 Å². The maximum Gasteiger partial charge on any atom is 3.00 e. The van der Waals surface area contributed by atoms with Gasteiger partial charge in [0.15, 0.2) is 0 Å². The zero-order valence-electron chi connectivity index (χ0n) is 8.86. The summed E-state index contributed by atoms with van der Waals surface area (Å²) in [6.45, 7) is 0. The maximum absolute atomic E-state index is 4.25. The van der Waals surface area contributed by atoms with Gasteiger partial charge in [-0.15, -0.1) is 0 Å². The molecule has 1 aromatic heterocycles. The summed E-state index contributed by atoms with van der Waals surface area (Å²) in [5.74, 6) is 0. The van der Waals surface area contributed by atoms with Gasteiger partial charge in [-0.05, 0) is 12.1 Å². The number of aromatic nitrogens is 1. The second kappa shape index (κ2) is 15.7. The summed E-state index contributed by atoms with van der Waals surface area (Å²) in [6, 6.07) is 5.74. The van der Waals surface area contributed by atoms with Gasteiger partial charge in [0.25, 0.3) is 0 Å². The van der Waals surface area contributed by atoms with Gasteiger partial charge in [-0.1, -0.05) is 6.07 Å². The number of halogens is 3. The summed E-state index contributed by atoms with van der Waals surface area (Å²) in [4.78, 5) is 12.0. The molecule has 0 spiro atoms. The summed E-state index contributed by atoms with van der Waals surface area (Å²) < 4.78 is 0. The van der Waals surface area contributed by atoms with Crippen LogP contribution in [-0.2, 0) is 0 Å². The molecule has 0 saturated carbocycles. The van der Waals surface area contributed by atoms with Gasteiger partial charge in [-0.3, -0.25) is 9.98 Å². The number of pyridine rings is 1. The molecule has 1 aromatic rings. The Morgan fingerprint density at radius 1 is 0.938 bits per heavy atom. The number of rotatable bonds is 2. The monoisotopic (exact) mass is 408 g/mol. The van der Waals surface area contributed by atoms with Crippen LogP contribution in [0.4, 0.5) is 0 Å². The third-order valence-corrected chi connectivity index (χ3v) is 1.31. The molecule has 1 radical (unpaired) electrons. The van der Waals surface area contributed by atoms with E-state index in [1.165, 1.54) is 0 Å². The molecule has 0 aromatic carbocycles. The Balaban J connectivity index is -0.000000180. The SMILES string of the molecule is CN=Cc1cccc(C=NC)n1.[Cl-].[Cl-].[Cl-].[Nd+3]. The number of hydrogen-bond donors (Lipinski definition) is 0. The van der Waals surface area contributed by atoms with Crippen molar-refractivity contribution < 1.29 is 78.1 Å². The molecule has 0 atom stereocenters. The topological polar surface area (TPSA) is 37.6 Å². The average molecular weight is 412 g/mol. The zero-order valence-corrected chi connectivity index (χ0v) is 14.3. The predicted octanol–water partition coefficient (Wildman–Crippen LogP) is -7.81. The molecule has 16 heavy (non-hydrogen) atoms. The quantitative estimate of drug-likeness (QED) is 0.446. The summed E-state index contributed by atoms with van der Waals surface area (Å²) in [5, 5.41) is 0. The van der Waals surface area contributed by atoms with E-state index >= 15 is 0 Å². The molecule has 0 aliphatic rings. The van der Waals surface area contributed by atoms with E-state index in [-0.39, 0.29) is 78.1 Å². The number of nitrogens with zero attached hydrogens (tertiary/aromatic N) is 3. The molecule has 0 saturated heterocycles. The van der Waals surface area contributed by atoms with Crippen LogP contribution in [0.25, 0.3) is 0 Å². The first-order valence-corrected chi connectivity index (χ1v) is 3.68. The summed E-state index contributed by atoms with van der Waals surface area (Å²) in [5.41, 5.74) is 1.71. The standard InChI is InChI=1S/C9H11N3.3ClH.Nd/c1-10-6-8-4-3-5-9(12-8)7-11-2;;;;/h3-7H,1-2H3;3*1H;/q;;;;+3/p-3. The fourth-order valence-corrected chi connectivity index (χ4v) is 0.877. The van der Waals surface area contributed by atoms with Crippen LogP contribution < -0.4 is 37.2 Å². The Bertz CT molecular complexity index is 291. The van der Waals surface area contributed by atoms with Crippen LogP contribution in [0.15, 0.2) is 28.2 Å². The minimum atomic E-state index is 0. The molecule has 0 N–H and O–H groups in total. The van der Waals surface area contributed by atoms with Gasteiger partial charge < -0.3 is 37.2 Å². The fraction of sp³-hybridized carbons (Fsp3) is 0.222. The Hall–Kier alpha value is 0.711. The smallest absolute Gasteiger partial charge is 1.00 e. The fourth-order valence-electron chi connectivity index (χ4n) is 0.877. The molecule has 0 amide bonds. The van der Waals surface area contributed by atoms with Crippen molar-refractivity contribution in [2.75, 3.05) is 14.1 Å². The molecule has 0 fully saturated rings. The molecular weight excluding hydrogens is 401 g/mol. The molecule has 87 valence electrons. The normalized spacial score (nSPS) is 8.62. The Labute approximate surface area is 147 Å². The second-order valence-electron chi connectivity index (χ2n) is 2.26. The van der Waals surface area contributed by atoms with Crippen LogP contribution in [0.2, 0.25) is 0 Å². The van der Waals surface area contributed by atoms with Crippen LogP contribution in [0, 0.1) is 40.8 Å². The van der Waals surface area contributed by atoms with Crippen LogP contribution in [0.5, 0.6) is 0 Å². The van der Waals surface area contributed by atoms with E-state index in [2.05, 4.69) is 15.0 Å². The third kappa shape index (κ3) is 9.90. The third-order valence-electron chi connectivity index (χ3n) is 1.31. The first-order valence-electron chi connectivity index (χ1n) is 3.68. The van der Waals surface area contributed by atoms with Gasteiger partial charge >= 0.3 is 40.8 Å². The molecule has 0 aliphatic heterocycles. The first kappa shape index (κ1) is 25.5. The van der Waals surface area contributed by atoms with E-state index in [9.17, 15) is 0 Å². The second-order valence-corrected chi connectivity index (χ2v) is 2.26. The Morgan fingerprint density at radius 2 is 1.31 bits per heavy atom. The van der Waals surface area contributed by atoms with Crippen molar-refractivity contribution in [2.24, 2.45) is 9.98 Å². The van der Waals surface area contributed by atoms with Crippen LogP contribution in [0.3, 0.4) is 0 Å². The van der Waals surface area contributed by atoms with Crippen molar-refractivity contribution in [3.63, 3.8) is 0 Å². The molecule has 0 bridgehead atoms. The minimum absolute atomic E-state index is 0. The van der Waals surface area contributed by atoms with Gasteiger partial charge in [-0.25, -0.2) is 4.98 Å². The molecule has 0 aliphatic carbocycles. The van der Waals surface area contributed by atoms with E-state index in [1.54, 1.807) is 26.5 Å². The molecule has 0 unspecified atom stereocenters. The molecule has 3 nitrogen and oxygen atoms in total. The largest absolute Gasteiger partial charge is 3.00 e. The zero-order chi connectivity index (χ0) is 8.81. The van der Waals surface area contributed by atoms with Crippen molar-refractivity contribution >= 4 is 12.4 Å². The van der Waals surface area contributed by atoms with Gasteiger partial charge in [0.2, 0.25) is 0 Å². The van der Waals surface area contributed by atoms with Gasteiger partial charge in [-0.2, -0.15) is 0 Å². The predicted molar refractivity (Wildman–Crippen MR) is 51.3 cm³/mol. The van der Waals surface area contributed by atoms with Gasteiger partial charge in [0.05, 0.1) is 11.4 Å². The minimum Gasteiger partial charge on any atom is -1.00 e. The number of aliphatic imine (C=N–C) groups is 2. The molecular formula is C9H11Cl3N3Nd. The van der Waals surface area contributed by atoms with Crippen molar-refractivity contribution in [3.8, 4) is 0 Å². The van der Waals surface area contributed by atoms with E-state index in [4.69, 9.17) is 0 Å². The number of hydrogen-bond acceptors (Lipinski definition) is 3. The van der Waals surface area contributed by atoms with E-state index in [0.717, 1.165) is 11.4 Å². The van der Waals surface area contributed by atoms with Crippen molar-refractivity contribution in [1.82, 2.24) is 4.98 Å². The van der Waals surface area contributed by atoms with Crippen molar-refractivity contribution in [3.05, 3.63) is 29.6 Å². The van der Waals surface area contributed by atoms with E-state index in [1.807, 2.05) is 18.2 Å². The Morgan fingerprint density at radius 3 is 1.62 bits per heavy atom. The van der Waals surface area contributed by atoms with Crippen LogP contribution in [-0.4, -0.2) is 31.5 Å². The van der Waals surface area contributed by atoms with Gasteiger partial charge in [0.1, 0.15) is 0 Å². The summed E-state index contributed by atoms with van der Waals surface area (Å²) in [6.07, 6.45) is 3.43. The molecule has 1 heterocycles. The summed E-state index contributed by atoms with van der Waals surface area (Å²) >= 11 is 0. The van der Waals surface area contributed by atoms with Crippen LogP contribution >= 0.6 is 0 Å². The molecule has 1 rings (SSSR count). The molecule has 7 heteroatoms. The first-order chi connectivity index (χ1) is 5.86. The van der Waals surface area contributed by atoms with Gasteiger partial charge in [0, 0.05) is 26.5 Å². The maximum atomic E-state index is 4.25. The van der Waals surface area contributed by atoms with Crippen molar-refractivity contribution in [1.29, 1.82) is 0 Å². The summed E-state index contributed by atoms with van der Waals surface area (Å²) in [7, 11) is 3.45.